The van der Waals surface area contributed by atoms with Gasteiger partial charge < -0.3 is 11.1 Å². The molecular weight excluding hydrogens is 284 g/mol. The highest BCUT2D eigenvalue weighted by Gasteiger charge is 2.38. The van der Waals surface area contributed by atoms with E-state index in [4.69, 9.17) is 17.3 Å². The van der Waals surface area contributed by atoms with Crippen molar-refractivity contribution in [1.82, 2.24) is 5.32 Å². The van der Waals surface area contributed by atoms with Crippen LogP contribution in [-0.4, -0.2) is 12.5 Å². The van der Waals surface area contributed by atoms with Crippen LogP contribution in [0.15, 0.2) is 24.3 Å². The van der Waals surface area contributed by atoms with Crippen molar-refractivity contribution in [1.29, 1.82) is 0 Å². The number of amides is 1. The van der Waals surface area contributed by atoms with Crippen LogP contribution in [-0.2, 0) is 4.79 Å². The second kappa shape index (κ2) is 6.80. The van der Waals surface area contributed by atoms with Gasteiger partial charge in [0, 0.05) is 11.4 Å². The summed E-state index contributed by atoms with van der Waals surface area (Å²) in [4.78, 5) is 12.4. The third-order valence-electron chi connectivity index (χ3n) is 4.60. The SMILES string of the molecule is CC(C)C(NC(=O)CC1(CN)CCC1)c1ccc(Cl)cc1. The summed E-state index contributed by atoms with van der Waals surface area (Å²) in [5, 5.41) is 3.89. The van der Waals surface area contributed by atoms with E-state index >= 15 is 0 Å². The zero-order valence-electron chi connectivity index (χ0n) is 12.9. The number of halogens is 1. The topological polar surface area (TPSA) is 55.1 Å². The maximum Gasteiger partial charge on any atom is 0.221 e. The number of nitrogens with one attached hydrogen (secondary N) is 1. The summed E-state index contributed by atoms with van der Waals surface area (Å²) in [6.07, 6.45) is 3.88. The maximum absolute atomic E-state index is 12.4. The number of nitrogens with two attached hydrogens (primary N) is 1. The fourth-order valence-corrected chi connectivity index (χ4v) is 3.13. The average molecular weight is 309 g/mol. The largest absolute Gasteiger partial charge is 0.349 e. The molecule has 21 heavy (non-hydrogen) atoms. The lowest BCUT2D eigenvalue weighted by Gasteiger charge is -2.40. The quantitative estimate of drug-likeness (QED) is 0.842. The zero-order chi connectivity index (χ0) is 15.5. The molecule has 0 aromatic heterocycles. The Bertz CT molecular complexity index is 475. The molecular formula is C17H25ClN2O. The Morgan fingerprint density at radius 1 is 1.33 bits per heavy atom. The second-order valence-corrected chi connectivity index (χ2v) is 7.01. The first-order chi connectivity index (χ1) is 9.96. The molecule has 1 unspecified atom stereocenters. The molecule has 116 valence electrons. The number of carbonyl (C=O) groups is 1. The van der Waals surface area contributed by atoms with Gasteiger partial charge in [0.25, 0.3) is 0 Å². The third-order valence-corrected chi connectivity index (χ3v) is 4.85. The van der Waals surface area contributed by atoms with Crippen LogP contribution in [0.25, 0.3) is 0 Å². The minimum absolute atomic E-state index is 0.0182. The molecule has 0 bridgehead atoms. The summed E-state index contributed by atoms with van der Waals surface area (Å²) < 4.78 is 0. The molecule has 3 N–H and O–H groups in total. The van der Waals surface area contributed by atoms with Gasteiger partial charge in [0.1, 0.15) is 0 Å². The van der Waals surface area contributed by atoms with E-state index < -0.39 is 0 Å². The number of hydrogen-bond donors (Lipinski definition) is 2. The van der Waals surface area contributed by atoms with Crippen molar-refractivity contribution in [3.05, 3.63) is 34.9 Å². The summed E-state index contributed by atoms with van der Waals surface area (Å²) in [7, 11) is 0. The first-order valence-electron chi connectivity index (χ1n) is 7.71. The Kier molecular flexibility index (Phi) is 5.28. The van der Waals surface area contributed by atoms with E-state index in [0.29, 0.717) is 23.9 Å². The smallest absolute Gasteiger partial charge is 0.221 e. The molecule has 2 rings (SSSR count). The van der Waals surface area contributed by atoms with Crippen LogP contribution in [0.4, 0.5) is 0 Å². The predicted molar refractivity (Wildman–Crippen MR) is 87.1 cm³/mol. The molecule has 0 spiro atoms. The van der Waals surface area contributed by atoms with Crippen LogP contribution in [0.5, 0.6) is 0 Å². The van der Waals surface area contributed by atoms with Gasteiger partial charge in [0.15, 0.2) is 0 Å². The van der Waals surface area contributed by atoms with E-state index in [-0.39, 0.29) is 17.4 Å². The molecule has 1 aromatic rings. The molecule has 1 saturated carbocycles. The average Bonchev–Trinajstić information content (AvgIpc) is 2.41. The highest BCUT2D eigenvalue weighted by atomic mass is 35.5. The Hall–Kier alpha value is -1.06. The Labute approximate surface area is 132 Å². The van der Waals surface area contributed by atoms with Crippen LogP contribution in [0.3, 0.4) is 0 Å². The number of carbonyl (C=O) groups excluding carboxylic acids is 1. The minimum Gasteiger partial charge on any atom is -0.349 e. The standard InChI is InChI=1S/C17H25ClN2O/c1-12(2)16(13-4-6-14(18)7-5-13)20-15(21)10-17(11-19)8-3-9-17/h4-7,12,16H,3,8-11,19H2,1-2H3,(H,20,21). The van der Waals surface area contributed by atoms with E-state index in [1.54, 1.807) is 0 Å². The highest BCUT2D eigenvalue weighted by Crippen LogP contribution is 2.43. The molecule has 0 radical (unpaired) electrons. The molecule has 1 atom stereocenters. The van der Waals surface area contributed by atoms with Crippen molar-refractivity contribution in [2.45, 2.75) is 45.6 Å². The molecule has 3 nitrogen and oxygen atoms in total. The molecule has 0 heterocycles. The molecule has 1 amide bonds. The minimum atomic E-state index is 0.0182. The summed E-state index contributed by atoms with van der Waals surface area (Å²) >= 11 is 5.93. The van der Waals surface area contributed by atoms with Crippen molar-refractivity contribution >= 4 is 17.5 Å². The molecule has 0 saturated heterocycles. The van der Waals surface area contributed by atoms with Crippen molar-refractivity contribution in [2.75, 3.05) is 6.54 Å². The van der Waals surface area contributed by atoms with Crippen LogP contribution in [0, 0.1) is 11.3 Å². The monoisotopic (exact) mass is 308 g/mol. The van der Waals surface area contributed by atoms with E-state index in [1.807, 2.05) is 24.3 Å². The van der Waals surface area contributed by atoms with Gasteiger partial charge >= 0.3 is 0 Å². The van der Waals surface area contributed by atoms with Crippen LogP contribution < -0.4 is 11.1 Å². The highest BCUT2D eigenvalue weighted by molar-refractivity contribution is 6.30. The van der Waals surface area contributed by atoms with Gasteiger partial charge in [-0.05, 0) is 48.4 Å². The molecule has 1 fully saturated rings. The number of benzene rings is 1. The van der Waals surface area contributed by atoms with Gasteiger partial charge in [-0.3, -0.25) is 4.79 Å². The van der Waals surface area contributed by atoms with E-state index in [0.717, 1.165) is 18.4 Å². The van der Waals surface area contributed by atoms with Crippen molar-refractivity contribution in [3.8, 4) is 0 Å². The number of rotatable bonds is 6. The van der Waals surface area contributed by atoms with Crippen molar-refractivity contribution in [3.63, 3.8) is 0 Å². The second-order valence-electron chi connectivity index (χ2n) is 6.58. The van der Waals surface area contributed by atoms with Gasteiger partial charge in [-0.1, -0.05) is 44.0 Å². The molecule has 4 heteroatoms. The van der Waals surface area contributed by atoms with Crippen molar-refractivity contribution < 1.29 is 4.79 Å². The maximum atomic E-state index is 12.4. The fraction of sp³-hybridized carbons (Fsp3) is 0.588. The lowest BCUT2D eigenvalue weighted by molar-refractivity contribution is -0.125. The first-order valence-corrected chi connectivity index (χ1v) is 8.08. The van der Waals surface area contributed by atoms with Crippen LogP contribution in [0.2, 0.25) is 5.02 Å². The van der Waals surface area contributed by atoms with Gasteiger partial charge in [-0.15, -0.1) is 0 Å². The first kappa shape index (κ1) is 16.3. The van der Waals surface area contributed by atoms with Gasteiger partial charge in [0.05, 0.1) is 6.04 Å². The van der Waals surface area contributed by atoms with Gasteiger partial charge in [-0.2, -0.15) is 0 Å². The van der Waals surface area contributed by atoms with Crippen molar-refractivity contribution in [2.24, 2.45) is 17.1 Å². The Morgan fingerprint density at radius 2 is 1.95 bits per heavy atom. The lowest BCUT2D eigenvalue weighted by atomic mass is 9.66. The Morgan fingerprint density at radius 3 is 2.38 bits per heavy atom. The molecule has 0 aliphatic heterocycles. The zero-order valence-corrected chi connectivity index (χ0v) is 13.6. The predicted octanol–water partition coefficient (Wildman–Crippen LogP) is 3.67. The Balaban J connectivity index is 2.02. The summed E-state index contributed by atoms with van der Waals surface area (Å²) in [5.74, 6) is 0.430. The van der Waals surface area contributed by atoms with E-state index in [1.165, 1.54) is 6.42 Å². The normalized spacial score (nSPS) is 18.1. The molecule has 1 aliphatic carbocycles. The molecule has 1 aromatic carbocycles. The van der Waals surface area contributed by atoms with E-state index in [2.05, 4.69) is 19.2 Å². The molecule has 1 aliphatic rings. The van der Waals surface area contributed by atoms with Gasteiger partial charge in [-0.25, -0.2) is 0 Å². The summed E-state index contributed by atoms with van der Waals surface area (Å²) in [5.41, 5.74) is 6.98. The van der Waals surface area contributed by atoms with Crippen LogP contribution in [0.1, 0.15) is 51.1 Å². The van der Waals surface area contributed by atoms with Gasteiger partial charge in [0.2, 0.25) is 5.91 Å². The number of hydrogen-bond acceptors (Lipinski definition) is 2. The van der Waals surface area contributed by atoms with E-state index in [9.17, 15) is 4.79 Å². The fourth-order valence-electron chi connectivity index (χ4n) is 3.00. The third kappa shape index (κ3) is 3.98. The summed E-state index contributed by atoms with van der Waals surface area (Å²) in [6.45, 7) is 4.83. The van der Waals surface area contributed by atoms with Crippen LogP contribution >= 0.6 is 11.6 Å². The summed E-state index contributed by atoms with van der Waals surface area (Å²) in [6, 6.07) is 7.71. The lowest BCUT2D eigenvalue weighted by Crippen LogP contribution is -2.43.